The molecule has 0 aliphatic rings. The zero-order valence-electron chi connectivity index (χ0n) is 16.2. The summed E-state index contributed by atoms with van der Waals surface area (Å²) in [5.41, 5.74) is 6.81. The van der Waals surface area contributed by atoms with Crippen molar-refractivity contribution < 1.29 is 0 Å². The van der Waals surface area contributed by atoms with Crippen molar-refractivity contribution >= 4 is 11.1 Å². The molecule has 2 aromatic carbocycles. The second-order valence-corrected chi connectivity index (χ2v) is 5.04. The third-order valence-electron chi connectivity index (χ3n) is 3.23. The summed E-state index contributed by atoms with van der Waals surface area (Å²) in [5.74, 6) is 0. The minimum Gasteiger partial charge on any atom is -0.0955 e. The van der Waals surface area contributed by atoms with Gasteiger partial charge in [-0.3, -0.25) is 0 Å². The largest absolute Gasteiger partial charge is 0.0955 e. The fourth-order valence-corrected chi connectivity index (χ4v) is 2.42. The maximum absolute atomic E-state index is 4.16. The number of hydrogen-bond donors (Lipinski definition) is 0. The lowest BCUT2D eigenvalue weighted by atomic mass is 9.87. The van der Waals surface area contributed by atoms with Crippen LogP contribution in [0.5, 0.6) is 0 Å². The maximum atomic E-state index is 4.16. The van der Waals surface area contributed by atoms with Gasteiger partial charge in [0.25, 0.3) is 0 Å². The van der Waals surface area contributed by atoms with Crippen molar-refractivity contribution in [1.29, 1.82) is 0 Å². The first-order valence-electron chi connectivity index (χ1n) is 8.78. The average Bonchev–Trinajstić information content (AvgIpc) is 2.63. The Morgan fingerprint density at radius 1 is 0.542 bits per heavy atom. The summed E-state index contributed by atoms with van der Waals surface area (Å²) >= 11 is 0. The van der Waals surface area contributed by atoms with Crippen molar-refractivity contribution in [3.05, 3.63) is 96.1 Å². The third kappa shape index (κ3) is 6.04. The van der Waals surface area contributed by atoms with Crippen LogP contribution in [0, 0.1) is 0 Å². The number of allylic oxidation sites excluding steroid dienone is 4. The fraction of sp³-hybridized carbons (Fsp3) is 0.250. The predicted octanol–water partition coefficient (Wildman–Crippen LogP) is 7.80. The van der Waals surface area contributed by atoms with Crippen LogP contribution in [-0.4, -0.2) is 0 Å². The molecule has 0 aliphatic heterocycles. The standard InChI is InChI=1S/C20H20.2C2H6/c1-15(2)19(17-11-7-5-8-12-17)20(16(3)4)18-13-9-6-10-14-18;2*1-2/h5-14H,1,3H2,2,4H3;2*1-2H3/b20-19-;;. The lowest BCUT2D eigenvalue weighted by Gasteiger charge is -2.17. The molecule has 2 aromatic rings. The van der Waals surface area contributed by atoms with Crippen LogP contribution in [0.4, 0.5) is 0 Å². The molecule has 0 heteroatoms. The van der Waals surface area contributed by atoms with Gasteiger partial charge in [0.15, 0.2) is 0 Å². The summed E-state index contributed by atoms with van der Waals surface area (Å²) in [7, 11) is 0. The van der Waals surface area contributed by atoms with Gasteiger partial charge in [-0.05, 0) is 47.3 Å². The van der Waals surface area contributed by atoms with E-state index in [4.69, 9.17) is 0 Å². The van der Waals surface area contributed by atoms with E-state index < -0.39 is 0 Å². The molecule has 128 valence electrons. The highest BCUT2D eigenvalue weighted by atomic mass is 14.2. The van der Waals surface area contributed by atoms with E-state index in [2.05, 4.69) is 61.7 Å². The molecule has 0 heterocycles. The Morgan fingerprint density at radius 3 is 1.00 bits per heavy atom. The van der Waals surface area contributed by atoms with E-state index in [1.807, 2.05) is 53.7 Å². The van der Waals surface area contributed by atoms with Crippen molar-refractivity contribution in [1.82, 2.24) is 0 Å². The van der Waals surface area contributed by atoms with Gasteiger partial charge in [0.05, 0.1) is 0 Å². The molecule has 0 aliphatic carbocycles. The maximum Gasteiger partial charge on any atom is -0.00796 e. The van der Waals surface area contributed by atoms with Gasteiger partial charge in [-0.25, -0.2) is 0 Å². The molecule has 0 nitrogen and oxygen atoms in total. The first-order chi connectivity index (χ1) is 11.6. The Balaban J connectivity index is 0.00000123. The molecular formula is C24H32. The first-order valence-corrected chi connectivity index (χ1v) is 8.78. The normalized spacial score (nSPS) is 10.2. The van der Waals surface area contributed by atoms with Gasteiger partial charge in [-0.1, -0.05) is 102 Å². The second-order valence-electron chi connectivity index (χ2n) is 5.04. The molecule has 0 saturated heterocycles. The molecule has 0 bridgehead atoms. The molecule has 0 fully saturated rings. The summed E-state index contributed by atoms with van der Waals surface area (Å²) in [4.78, 5) is 0. The van der Waals surface area contributed by atoms with E-state index in [1.165, 1.54) is 22.3 Å². The highest BCUT2D eigenvalue weighted by molar-refractivity contribution is 6.03. The SMILES string of the molecule is C=C(C)/C(=C(\C(=C)C)c1ccccc1)c1ccccc1.CC.CC. The Morgan fingerprint density at radius 2 is 0.792 bits per heavy atom. The molecule has 0 radical (unpaired) electrons. The predicted molar refractivity (Wildman–Crippen MR) is 112 cm³/mol. The molecule has 0 aromatic heterocycles. The summed E-state index contributed by atoms with van der Waals surface area (Å²) in [5, 5.41) is 0. The molecule has 0 saturated carbocycles. The van der Waals surface area contributed by atoms with Crippen molar-refractivity contribution in [2.75, 3.05) is 0 Å². The van der Waals surface area contributed by atoms with E-state index >= 15 is 0 Å². The third-order valence-corrected chi connectivity index (χ3v) is 3.23. The highest BCUT2D eigenvalue weighted by Gasteiger charge is 2.12. The molecule has 0 atom stereocenters. The van der Waals surface area contributed by atoms with Crippen LogP contribution in [-0.2, 0) is 0 Å². The van der Waals surface area contributed by atoms with Crippen LogP contribution in [0.25, 0.3) is 11.1 Å². The number of rotatable bonds is 4. The van der Waals surface area contributed by atoms with Gasteiger partial charge in [-0.2, -0.15) is 0 Å². The zero-order valence-corrected chi connectivity index (χ0v) is 16.2. The van der Waals surface area contributed by atoms with Gasteiger partial charge < -0.3 is 0 Å². The minimum absolute atomic E-state index is 1.05. The molecule has 0 N–H and O–H groups in total. The van der Waals surface area contributed by atoms with Crippen molar-refractivity contribution in [3.8, 4) is 0 Å². The fourth-order valence-electron chi connectivity index (χ4n) is 2.42. The van der Waals surface area contributed by atoms with Crippen LogP contribution in [0.1, 0.15) is 52.7 Å². The smallest absolute Gasteiger partial charge is 0.00796 e. The van der Waals surface area contributed by atoms with Gasteiger partial charge in [0.2, 0.25) is 0 Å². The molecule has 0 amide bonds. The second kappa shape index (κ2) is 12.1. The van der Waals surface area contributed by atoms with Gasteiger partial charge in [0.1, 0.15) is 0 Å². The molecule has 0 unspecified atom stereocenters. The number of hydrogen-bond acceptors (Lipinski definition) is 0. The molecule has 24 heavy (non-hydrogen) atoms. The van der Waals surface area contributed by atoms with Crippen LogP contribution >= 0.6 is 0 Å². The first kappa shape index (κ1) is 21.7. The van der Waals surface area contributed by atoms with Gasteiger partial charge in [0, 0.05) is 0 Å². The quantitative estimate of drug-likeness (QED) is 0.398. The molecular weight excluding hydrogens is 288 g/mol. The Bertz CT molecular complexity index is 583. The van der Waals surface area contributed by atoms with Crippen LogP contribution in [0.2, 0.25) is 0 Å². The minimum atomic E-state index is 1.05. The van der Waals surface area contributed by atoms with Crippen LogP contribution < -0.4 is 0 Å². The topological polar surface area (TPSA) is 0 Å². The lowest BCUT2D eigenvalue weighted by Crippen LogP contribution is -1.95. The van der Waals surface area contributed by atoms with E-state index in [-0.39, 0.29) is 0 Å². The van der Waals surface area contributed by atoms with Crippen molar-refractivity contribution in [2.24, 2.45) is 0 Å². The summed E-state index contributed by atoms with van der Waals surface area (Å²) in [6.07, 6.45) is 0. The van der Waals surface area contributed by atoms with E-state index in [9.17, 15) is 0 Å². The van der Waals surface area contributed by atoms with E-state index in [0.717, 1.165) is 11.1 Å². The zero-order chi connectivity index (χ0) is 18.5. The molecule has 0 spiro atoms. The molecule has 2 rings (SSSR count). The van der Waals surface area contributed by atoms with Crippen LogP contribution in [0.3, 0.4) is 0 Å². The summed E-state index contributed by atoms with van der Waals surface area (Å²) in [6, 6.07) is 20.8. The van der Waals surface area contributed by atoms with Crippen molar-refractivity contribution in [3.63, 3.8) is 0 Å². The lowest BCUT2D eigenvalue weighted by molar-refractivity contribution is 1.46. The Labute approximate surface area is 149 Å². The van der Waals surface area contributed by atoms with Crippen LogP contribution in [0.15, 0.2) is 85.0 Å². The highest BCUT2D eigenvalue weighted by Crippen LogP contribution is 2.35. The van der Waals surface area contributed by atoms with E-state index in [0.29, 0.717) is 0 Å². The van der Waals surface area contributed by atoms with Gasteiger partial charge >= 0.3 is 0 Å². The Kier molecular flexibility index (Phi) is 10.9. The van der Waals surface area contributed by atoms with E-state index in [1.54, 1.807) is 0 Å². The van der Waals surface area contributed by atoms with Crippen molar-refractivity contribution in [2.45, 2.75) is 41.5 Å². The Hall–Kier alpha value is -2.34. The van der Waals surface area contributed by atoms with Gasteiger partial charge in [-0.15, -0.1) is 0 Å². The monoisotopic (exact) mass is 320 g/mol. The number of benzene rings is 2. The summed E-state index contributed by atoms with van der Waals surface area (Å²) < 4.78 is 0. The summed E-state index contributed by atoms with van der Waals surface area (Å²) in [6.45, 7) is 20.4. The average molecular weight is 321 g/mol.